The van der Waals surface area contributed by atoms with Crippen molar-refractivity contribution < 1.29 is 4.74 Å². The Labute approximate surface area is 104 Å². The Morgan fingerprint density at radius 3 is 2.94 bits per heavy atom. The average Bonchev–Trinajstić information content (AvgIpc) is 2.29. The summed E-state index contributed by atoms with van der Waals surface area (Å²) in [5.74, 6) is 1.00. The standard InChI is InChI=1S/C15H23NO/c1-4-5-15-14-10-13(17-11(2)3)7-6-12(14)8-9-16-15/h6-7,10-11,15-16H,4-5,8-9H2,1-3H3. The lowest BCUT2D eigenvalue weighted by molar-refractivity contribution is 0.241. The molecular weight excluding hydrogens is 210 g/mol. The second-order valence-electron chi connectivity index (χ2n) is 5.07. The number of rotatable bonds is 4. The molecule has 2 rings (SSSR count). The molecule has 1 aliphatic rings. The van der Waals surface area contributed by atoms with Crippen molar-refractivity contribution in [2.75, 3.05) is 6.54 Å². The van der Waals surface area contributed by atoms with Crippen LogP contribution in [0.5, 0.6) is 5.75 Å². The lowest BCUT2D eigenvalue weighted by Crippen LogP contribution is -2.29. The zero-order valence-corrected chi connectivity index (χ0v) is 11.1. The van der Waals surface area contributed by atoms with Crippen molar-refractivity contribution in [2.24, 2.45) is 0 Å². The lowest BCUT2D eigenvalue weighted by Gasteiger charge is -2.27. The van der Waals surface area contributed by atoms with Crippen LogP contribution in [0.25, 0.3) is 0 Å². The molecule has 0 fully saturated rings. The van der Waals surface area contributed by atoms with E-state index in [1.54, 1.807) is 0 Å². The van der Waals surface area contributed by atoms with Gasteiger partial charge in [0.2, 0.25) is 0 Å². The van der Waals surface area contributed by atoms with Crippen LogP contribution in [0.1, 0.15) is 50.8 Å². The van der Waals surface area contributed by atoms with Crippen LogP contribution >= 0.6 is 0 Å². The number of ether oxygens (including phenoxy) is 1. The van der Waals surface area contributed by atoms with Gasteiger partial charge in [-0.3, -0.25) is 0 Å². The molecule has 17 heavy (non-hydrogen) atoms. The summed E-state index contributed by atoms with van der Waals surface area (Å²) in [4.78, 5) is 0. The number of hydrogen-bond donors (Lipinski definition) is 1. The maximum atomic E-state index is 5.78. The van der Waals surface area contributed by atoms with Crippen molar-refractivity contribution in [3.05, 3.63) is 29.3 Å². The van der Waals surface area contributed by atoms with Crippen molar-refractivity contribution in [3.63, 3.8) is 0 Å². The predicted molar refractivity (Wildman–Crippen MR) is 71.6 cm³/mol. The third-order valence-electron chi connectivity index (χ3n) is 3.23. The van der Waals surface area contributed by atoms with Gasteiger partial charge >= 0.3 is 0 Å². The molecule has 0 saturated heterocycles. The molecule has 0 bridgehead atoms. The van der Waals surface area contributed by atoms with E-state index in [1.165, 1.54) is 24.0 Å². The molecule has 1 atom stereocenters. The molecule has 1 aromatic carbocycles. The normalized spacial score (nSPS) is 19.2. The highest BCUT2D eigenvalue weighted by Gasteiger charge is 2.19. The molecule has 1 aromatic rings. The zero-order chi connectivity index (χ0) is 12.3. The van der Waals surface area contributed by atoms with Gasteiger partial charge in [0.25, 0.3) is 0 Å². The number of nitrogens with one attached hydrogen (secondary N) is 1. The van der Waals surface area contributed by atoms with Crippen LogP contribution in [0.2, 0.25) is 0 Å². The Morgan fingerprint density at radius 2 is 2.24 bits per heavy atom. The smallest absolute Gasteiger partial charge is 0.120 e. The monoisotopic (exact) mass is 233 g/mol. The van der Waals surface area contributed by atoms with E-state index in [-0.39, 0.29) is 6.10 Å². The topological polar surface area (TPSA) is 21.3 Å². The van der Waals surface area contributed by atoms with E-state index in [1.807, 2.05) is 0 Å². The molecule has 0 amide bonds. The van der Waals surface area contributed by atoms with E-state index in [2.05, 4.69) is 44.3 Å². The molecule has 0 aliphatic carbocycles. The Kier molecular flexibility index (Phi) is 4.06. The van der Waals surface area contributed by atoms with Crippen molar-refractivity contribution in [1.29, 1.82) is 0 Å². The highest BCUT2D eigenvalue weighted by Crippen LogP contribution is 2.30. The molecule has 0 saturated carbocycles. The molecule has 94 valence electrons. The fourth-order valence-electron chi connectivity index (χ4n) is 2.51. The Hall–Kier alpha value is -1.02. The van der Waals surface area contributed by atoms with E-state index >= 15 is 0 Å². The minimum atomic E-state index is 0.245. The van der Waals surface area contributed by atoms with Crippen LogP contribution < -0.4 is 10.1 Å². The Morgan fingerprint density at radius 1 is 1.41 bits per heavy atom. The highest BCUT2D eigenvalue weighted by molar-refractivity contribution is 5.39. The van der Waals surface area contributed by atoms with Gasteiger partial charge in [-0.25, -0.2) is 0 Å². The van der Waals surface area contributed by atoms with Crippen LogP contribution in [0.4, 0.5) is 0 Å². The second kappa shape index (κ2) is 5.54. The minimum absolute atomic E-state index is 0.245. The summed E-state index contributed by atoms with van der Waals surface area (Å²) in [6, 6.07) is 7.07. The molecule has 2 nitrogen and oxygen atoms in total. The molecule has 1 heterocycles. The first-order valence-electron chi connectivity index (χ1n) is 6.73. The molecule has 2 heteroatoms. The van der Waals surface area contributed by atoms with Crippen LogP contribution in [0, 0.1) is 0 Å². The van der Waals surface area contributed by atoms with Gasteiger partial charge in [0.1, 0.15) is 5.75 Å². The summed E-state index contributed by atoms with van der Waals surface area (Å²) in [7, 11) is 0. The third-order valence-corrected chi connectivity index (χ3v) is 3.23. The highest BCUT2D eigenvalue weighted by atomic mass is 16.5. The van der Waals surface area contributed by atoms with Crippen LogP contribution in [0.15, 0.2) is 18.2 Å². The fraction of sp³-hybridized carbons (Fsp3) is 0.600. The Balaban J connectivity index is 2.24. The summed E-state index contributed by atoms with van der Waals surface area (Å²) in [5, 5.41) is 3.60. The van der Waals surface area contributed by atoms with E-state index in [4.69, 9.17) is 4.74 Å². The average molecular weight is 233 g/mol. The summed E-state index contributed by atoms with van der Waals surface area (Å²) >= 11 is 0. The minimum Gasteiger partial charge on any atom is -0.491 e. The summed E-state index contributed by atoms with van der Waals surface area (Å²) < 4.78 is 5.78. The Bertz CT molecular complexity index is 373. The largest absolute Gasteiger partial charge is 0.491 e. The molecule has 0 aromatic heterocycles. The number of fused-ring (bicyclic) bond motifs is 1. The maximum absolute atomic E-state index is 5.78. The molecule has 1 unspecified atom stereocenters. The van der Waals surface area contributed by atoms with E-state index in [0.29, 0.717) is 6.04 Å². The van der Waals surface area contributed by atoms with Crippen molar-refractivity contribution in [2.45, 2.75) is 52.2 Å². The molecule has 1 N–H and O–H groups in total. The summed E-state index contributed by atoms with van der Waals surface area (Å²) in [5.41, 5.74) is 2.93. The van der Waals surface area contributed by atoms with E-state index in [0.717, 1.165) is 18.7 Å². The summed E-state index contributed by atoms with van der Waals surface area (Å²) in [6.07, 6.45) is 3.80. The first kappa shape index (κ1) is 12.4. The second-order valence-corrected chi connectivity index (χ2v) is 5.07. The van der Waals surface area contributed by atoms with Crippen LogP contribution in [0.3, 0.4) is 0 Å². The number of benzene rings is 1. The first-order chi connectivity index (χ1) is 8.20. The fourth-order valence-corrected chi connectivity index (χ4v) is 2.51. The predicted octanol–water partition coefficient (Wildman–Crippen LogP) is 3.46. The van der Waals surface area contributed by atoms with E-state index < -0.39 is 0 Å². The molecule has 1 aliphatic heterocycles. The van der Waals surface area contributed by atoms with Gasteiger partial charge in [-0.1, -0.05) is 19.4 Å². The van der Waals surface area contributed by atoms with Gasteiger partial charge in [0.05, 0.1) is 6.10 Å². The quantitative estimate of drug-likeness (QED) is 0.860. The van der Waals surface area contributed by atoms with Gasteiger partial charge in [-0.2, -0.15) is 0 Å². The van der Waals surface area contributed by atoms with Gasteiger partial charge in [0.15, 0.2) is 0 Å². The maximum Gasteiger partial charge on any atom is 0.120 e. The first-order valence-corrected chi connectivity index (χ1v) is 6.73. The SMILES string of the molecule is CCCC1NCCc2ccc(OC(C)C)cc21. The molecule has 0 radical (unpaired) electrons. The van der Waals surface area contributed by atoms with Gasteiger partial charge < -0.3 is 10.1 Å². The van der Waals surface area contributed by atoms with Crippen molar-refractivity contribution in [3.8, 4) is 5.75 Å². The zero-order valence-electron chi connectivity index (χ0n) is 11.1. The van der Waals surface area contributed by atoms with E-state index in [9.17, 15) is 0 Å². The third kappa shape index (κ3) is 3.01. The van der Waals surface area contributed by atoms with Gasteiger partial charge in [-0.15, -0.1) is 0 Å². The summed E-state index contributed by atoms with van der Waals surface area (Å²) in [6.45, 7) is 7.48. The van der Waals surface area contributed by atoms with Gasteiger partial charge in [-0.05, 0) is 56.5 Å². The van der Waals surface area contributed by atoms with Crippen molar-refractivity contribution in [1.82, 2.24) is 5.32 Å². The lowest BCUT2D eigenvalue weighted by atomic mass is 9.91. The van der Waals surface area contributed by atoms with Crippen LogP contribution in [-0.4, -0.2) is 12.6 Å². The number of hydrogen-bond acceptors (Lipinski definition) is 2. The van der Waals surface area contributed by atoms with Crippen LogP contribution in [-0.2, 0) is 6.42 Å². The van der Waals surface area contributed by atoms with Gasteiger partial charge in [0, 0.05) is 6.04 Å². The van der Waals surface area contributed by atoms with Crippen molar-refractivity contribution >= 4 is 0 Å². The molecule has 0 spiro atoms. The molecular formula is C15H23NO.